The van der Waals surface area contributed by atoms with Crippen LogP contribution in [0.2, 0.25) is 0 Å². The zero-order chi connectivity index (χ0) is 20.5. The molecule has 1 atom stereocenters. The van der Waals surface area contributed by atoms with Crippen LogP contribution in [0.5, 0.6) is 0 Å². The molecule has 29 heavy (non-hydrogen) atoms. The largest absolute Gasteiger partial charge is 0.396 e. The Bertz CT molecular complexity index is 931. The van der Waals surface area contributed by atoms with E-state index in [2.05, 4.69) is 20.6 Å². The number of aliphatic hydroxyl groups excluding tert-OH is 1. The lowest BCUT2D eigenvalue weighted by Gasteiger charge is -2.18. The molecule has 0 saturated carbocycles. The number of anilines is 1. The van der Waals surface area contributed by atoms with E-state index in [9.17, 15) is 9.59 Å². The Kier molecular flexibility index (Phi) is 7.02. The minimum atomic E-state index is -0.800. The average Bonchev–Trinajstić information content (AvgIpc) is 2.78. The summed E-state index contributed by atoms with van der Waals surface area (Å²) in [5, 5.41) is 14.3. The second-order valence-electron chi connectivity index (χ2n) is 6.42. The molecule has 0 unspecified atom stereocenters. The van der Waals surface area contributed by atoms with Crippen molar-refractivity contribution in [3.63, 3.8) is 0 Å². The molecule has 0 fully saturated rings. The molecule has 3 N–H and O–H groups in total. The maximum absolute atomic E-state index is 12.4. The molecule has 0 saturated heterocycles. The van der Waals surface area contributed by atoms with Crippen LogP contribution in [-0.2, 0) is 9.59 Å². The minimum Gasteiger partial charge on any atom is -0.396 e. The van der Waals surface area contributed by atoms with Gasteiger partial charge in [-0.25, -0.2) is 9.97 Å². The van der Waals surface area contributed by atoms with Gasteiger partial charge in [-0.05, 0) is 18.4 Å². The van der Waals surface area contributed by atoms with Gasteiger partial charge >= 0.3 is 11.8 Å². The second-order valence-corrected chi connectivity index (χ2v) is 6.42. The summed E-state index contributed by atoms with van der Waals surface area (Å²) in [5.74, 6) is -1.03. The Balaban J connectivity index is 1.62. The average molecular weight is 390 g/mol. The molecular formula is C22H22N4O3. The molecule has 1 aromatic heterocycles. The Hall–Kier alpha value is -3.58. The molecule has 2 amide bonds. The van der Waals surface area contributed by atoms with Crippen LogP contribution in [0, 0.1) is 0 Å². The SMILES string of the molecule is O=C(Nc1cnc(-c2ccccc2)nc1)C(=O)N[C@H](CCCO)c1ccccc1. The van der Waals surface area contributed by atoms with Crippen molar-refractivity contribution in [3.05, 3.63) is 78.6 Å². The lowest BCUT2D eigenvalue weighted by molar-refractivity contribution is -0.136. The second kappa shape index (κ2) is 10.1. The molecule has 2 aromatic carbocycles. The Labute approximate surface area is 168 Å². The minimum absolute atomic E-state index is 0.0104. The molecule has 0 bridgehead atoms. The fraction of sp³-hybridized carbons (Fsp3) is 0.182. The summed E-state index contributed by atoms with van der Waals surface area (Å²) in [6.07, 6.45) is 3.95. The first kappa shape index (κ1) is 20.2. The lowest BCUT2D eigenvalue weighted by atomic mass is 10.0. The number of carbonyl (C=O) groups excluding carboxylic acids is 2. The Morgan fingerprint density at radius 1 is 0.897 bits per heavy atom. The van der Waals surface area contributed by atoms with Crippen molar-refractivity contribution < 1.29 is 14.7 Å². The van der Waals surface area contributed by atoms with E-state index in [0.717, 1.165) is 11.1 Å². The van der Waals surface area contributed by atoms with Crippen LogP contribution in [0.15, 0.2) is 73.1 Å². The number of carbonyl (C=O) groups is 2. The summed E-state index contributed by atoms with van der Waals surface area (Å²) in [4.78, 5) is 33.1. The molecule has 0 aliphatic carbocycles. The number of nitrogens with one attached hydrogen (secondary N) is 2. The lowest BCUT2D eigenvalue weighted by Crippen LogP contribution is -2.38. The number of rotatable bonds is 7. The smallest absolute Gasteiger partial charge is 0.313 e. The van der Waals surface area contributed by atoms with Gasteiger partial charge in [0.15, 0.2) is 5.82 Å². The maximum Gasteiger partial charge on any atom is 0.313 e. The van der Waals surface area contributed by atoms with Crippen molar-refractivity contribution in [1.29, 1.82) is 0 Å². The van der Waals surface area contributed by atoms with Crippen molar-refractivity contribution in [3.8, 4) is 11.4 Å². The predicted molar refractivity (Wildman–Crippen MR) is 110 cm³/mol. The fourth-order valence-corrected chi connectivity index (χ4v) is 2.84. The van der Waals surface area contributed by atoms with Gasteiger partial charge < -0.3 is 15.7 Å². The first-order chi connectivity index (χ1) is 14.2. The molecule has 1 heterocycles. The van der Waals surface area contributed by atoms with Gasteiger partial charge in [0.25, 0.3) is 0 Å². The summed E-state index contributed by atoms with van der Waals surface area (Å²) in [5.41, 5.74) is 2.06. The van der Waals surface area contributed by atoms with E-state index in [1.54, 1.807) is 0 Å². The van der Waals surface area contributed by atoms with Gasteiger partial charge in [-0.15, -0.1) is 0 Å². The number of hydrogen-bond donors (Lipinski definition) is 3. The standard InChI is InChI=1S/C22H22N4O3/c27-13-7-12-19(16-8-3-1-4-9-16)26-22(29)21(28)25-18-14-23-20(24-15-18)17-10-5-2-6-11-17/h1-6,8-11,14-15,19,27H,7,12-13H2,(H,25,28)(H,26,29)/t19-/m1/s1. The van der Waals surface area contributed by atoms with E-state index in [1.807, 2.05) is 60.7 Å². The molecule has 3 rings (SSSR count). The van der Waals surface area contributed by atoms with Crippen molar-refractivity contribution in [2.24, 2.45) is 0 Å². The van der Waals surface area contributed by atoms with Crippen LogP contribution in [-0.4, -0.2) is 33.5 Å². The number of amides is 2. The van der Waals surface area contributed by atoms with Crippen molar-refractivity contribution in [2.45, 2.75) is 18.9 Å². The van der Waals surface area contributed by atoms with Crippen LogP contribution in [0.1, 0.15) is 24.4 Å². The van der Waals surface area contributed by atoms with Gasteiger partial charge in [0, 0.05) is 12.2 Å². The molecular weight excluding hydrogens is 368 g/mol. The van der Waals surface area contributed by atoms with E-state index in [1.165, 1.54) is 12.4 Å². The molecule has 0 aliphatic rings. The Morgan fingerprint density at radius 3 is 2.14 bits per heavy atom. The summed E-state index contributed by atoms with van der Waals surface area (Å²) >= 11 is 0. The van der Waals surface area contributed by atoms with E-state index >= 15 is 0 Å². The highest BCUT2D eigenvalue weighted by Gasteiger charge is 2.20. The highest BCUT2D eigenvalue weighted by atomic mass is 16.3. The van der Waals surface area contributed by atoms with Gasteiger partial charge in [-0.2, -0.15) is 0 Å². The highest BCUT2D eigenvalue weighted by molar-refractivity contribution is 6.39. The first-order valence-electron chi connectivity index (χ1n) is 9.32. The number of aliphatic hydroxyl groups is 1. The third-order valence-corrected chi connectivity index (χ3v) is 4.31. The van der Waals surface area contributed by atoms with Gasteiger partial charge in [0.1, 0.15) is 0 Å². The normalized spacial score (nSPS) is 11.5. The van der Waals surface area contributed by atoms with Crippen molar-refractivity contribution >= 4 is 17.5 Å². The third-order valence-electron chi connectivity index (χ3n) is 4.31. The van der Waals surface area contributed by atoms with E-state index in [-0.39, 0.29) is 12.6 Å². The van der Waals surface area contributed by atoms with Crippen LogP contribution >= 0.6 is 0 Å². The molecule has 7 heteroatoms. The molecule has 3 aromatic rings. The van der Waals surface area contributed by atoms with Crippen LogP contribution in [0.3, 0.4) is 0 Å². The molecule has 0 aliphatic heterocycles. The predicted octanol–water partition coefficient (Wildman–Crippen LogP) is 2.71. The summed E-state index contributed by atoms with van der Waals surface area (Å²) < 4.78 is 0. The summed E-state index contributed by atoms with van der Waals surface area (Å²) in [7, 11) is 0. The maximum atomic E-state index is 12.4. The number of hydrogen-bond acceptors (Lipinski definition) is 5. The van der Waals surface area contributed by atoms with E-state index in [0.29, 0.717) is 24.4 Å². The van der Waals surface area contributed by atoms with Crippen LogP contribution in [0.25, 0.3) is 11.4 Å². The van der Waals surface area contributed by atoms with Crippen molar-refractivity contribution in [2.75, 3.05) is 11.9 Å². The summed E-state index contributed by atoms with van der Waals surface area (Å²) in [6, 6.07) is 18.4. The number of benzene rings is 2. The van der Waals surface area contributed by atoms with Gasteiger partial charge in [0.2, 0.25) is 0 Å². The zero-order valence-corrected chi connectivity index (χ0v) is 15.8. The van der Waals surface area contributed by atoms with Gasteiger partial charge in [-0.3, -0.25) is 9.59 Å². The molecule has 7 nitrogen and oxygen atoms in total. The quantitative estimate of drug-likeness (QED) is 0.538. The fourth-order valence-electron chi connectivity index (χ4n) is 2.84. The molecule has 0 spiro atoms. The first-order valence-corrected chi connectivity index (χ1v) is 9.32. The van der Waals surface area contributed by atoms with E-state index in [4.69, 9.17) is 5.11 Å². The Morgan fingerprint density at radius 2 is 1.52 bits per heavy atom. The van der Waals surface area contributed by atoms with Gasteiger partial charge in [0.05, 0.1) is 24.1 Å². The number of nitrogens with zero attached hydrogens (tertiary/aromatic N) is 2. The van der Waals surface area contributed by atoms with Crippen LogP contribution < -0.4 is 10.6 Å². The topological polar surface area (TPSA) is 104 Å². The number of aromatic nitrogens is 2. The van der Waals surface area contributed by atoms with Crippen LogP contribution in [0.4, 0.5) is 5.69 Å². The van der Waals surface area contributed by atoms with Crippen molar-refractivity contribution in [1.82, 2.24) is 15.3 Å². The monoisotopic (exact) mass is 390 g/mol. The van der Waals surface area contributed by atoms with E-state index < -0.39 is 11.8 Å². The summed E-state index contributed by atoms with van der Waals surface area (Å²) in [6.45, 7) is 0.0104. The molecule has 148 valence electrons. The van der Waals surface area contributed by atoms with Gasteiger partial charge in [-0.1, -0.05) is 60.7 Å². The zero-order valence-electron chi connectivity index (χ0n) is 15.8. The third kappa shape index (κ3) is 5.70. The highest BCUT2D eigenvalue weighted by Crippen LogP contribution is 2.18. The molecule has 0 radical (unpaired) electrons.